The van der Waals surface area contributed by atoms with Crippen molar-refractivity contribution in [3.05, 3.63) is 39.3 Å². The Morgan fingerprint density at radius 2 is 2.00 bits per heavy atom. The maximum absolute atomic E-state index is 12.2. The second-order valence-corrected chi connectivity index (χ2v) is 5.67. The summed E-state index contributed by atoms with van der Waals surface area (Å²) in [5, 5.41) is 11.5. The number of likely N-dealkylation sites (tertiary alicyclic amines) is 1. The van der Waals surface area contributed by atoms with Crippen molar-refractivity contribution in [1.29, 1.82) is 0 Å². The molecule has 0 saturated carbocycles. The number of hydrogen-bond donors (Lipinski definition) is 0. The molecule has 2 aromatic rings. The summed E-state index contributed by atoms with van der Waals surface area (Å²) in [5.41, 5.74) is 0.0606. The molecule has 0 N–H and O–H groups in total. The number of carbonyl (C=O) groups excluding carboxylic acids is 1. The molecule has 1 saturated heterocycles. The smallest absolute Gasteiger partial charge is 0.270 e. The van der Waals surface area contributed by atoms with Crippen LogP contribution in [0.25, 0.3) is 10.1 Å². The zero-order chi connectivity index (χ0) is 13.4. The summed E-state index contributed by atoms with van der Waals surface area (Å²) in [7, 11) is 0. The largest absolute Gasteiger partial charge is 0.338 e. The number of amides is 1. The molecule has 6 heteroatoms. The van der Waals surface area contributed by atoms with E-state index in [1.54, 1.807) is 12.1 Å². The number of nitrogens with zero attached hydrogens (tertiary/aromatic N) is 2. The highest BCUT2D eigenvalue weighted by Gasteiger charge is 2.21. The highest BCUT2D eigenvalue weighted by molar-refractivity contribution is 7.20. The third-order valence-electron chi connectivity index (χ3n) is 3.31. The van der Waals surface area contributed by atoms with Gasteiger partial charge in [-0.05, 0) is 25.0 Å². The molecule has 98 valence electrons. The molecule has 1 aliphatic heterocycles. The van der Waals surface area contributed by atoms with E-state index in [1.807, 2.05) is 4.90 Å². The van der Waals surface area contributed by atoms with Crippen LogP contribution < -0.4 is 0 Å². The molecule has 1 aliphatic rings. The number of carbonyl (C=O) groups is 1. The summed E-state index contributed by atoms with van der Waals surface area (Å²) < 4.78 is 0.910. The van der Waals surface area contributed by atoms with E-state index in [4.69, 9.17) is 0 Å². The third-order valence-corrected chi connectivity index (χ3v) is 4.42. The van der Waals surface area contributed by atoms with Crippen LogP contribution in [0.5, 0.6) is 0 Å². The Morgan fingerprint density at radius 3 is 2.68 bits per heavy atom. The van der Waals surface area contributed by atoms with E-state index in [1.165, 1.54) is 23.5 Å². The number of nitro groups is 1. The molecule has 1 fully saturated rings. The highest BCUT2D eigenvalue weighted by Crippen LogP contribution is 2.30. The fourth-order valence-electron chi connectivity index (χ4n) is 2.33. The normalized spacial score (nSPS) is 15.1. The average molecular weight is 276 g/mol. The lowest BCUT2D eigenvalue weighted by Gasteiger charge is -2.13. The first kappa shape index (κ1) is 12.1. The van der Waals surface area contributed by atoms with Crippen LogP contribution in [0, 0.1) is 10.1 Å². The first-order valence-electron chi connectivity index (χ1n) is 6.12. The van der Waals surface area contributed by atoms with Crippen molar-refractivity contribution in [1.82, 2.24) is 4.90 Å². The molecule has 1 aromatic heterocycles. The Bertz CT molecular complexity index is 659. The second kappa shape index (κ2) is 4.62. The Balaban J connectivity index is 1.96. The molecule has 0 spiro atoms. The average Bonchev–Trinajstić information content (AvgIpc) is 3.06. The molecule has 0 radical (unpaired) electrons. The van der Waals surface area contributed by atoms with Crippen molar-refractivity contribution < 1.29 is 9.72 Å². The van der Waals surface area contributed by atoms with Gasteiger partial charge in [-0.1, -0.05) is 0 Å². The molecule has 0 unspecified atom stereocenters. The molecule has 3 rings (SSSR count). The minimum absolute atomic E-state index is 0.0429. The molecule has 0 bridgehead atoms. The van der Waals surface area contributed by atoms with E-state index in [9.17, 15) is 14.9 Å². The van der Waals surface area contributed by atoms with Crippen LogP contribution in [-0.2, 0) is 0 Å². The van der Waals surface area contributed by atoms with E-state index >= 15 is 0 Å². The van der Waals surface area contributed by atoms with Crippen LogP contribution in [0.15, 0.2) is 24.3 Å². The number of benzene rings is 1. The van der Waals surface area contributed by atoms with Gasteiger partial charge < -0.3 is 4.90 Å². The molecule has 2 heterocycles. The lowest BCUT2D eigenvalue weighted by Crippen LogP contribution is -2.26. The van der Waals surface area contributed by atoms with Gasteiger partial charge in [-0.3, -0.25) is 14.9 Å². The minimum atomic E-state index is -0.418. The Labute approximate surface area is 113 Å². The van der Waals surface area contributed by atoms with Crippen molar-refractivity contribution >= 4 is 33.0 Å². The SMILES string of the molecule is O=C(c1cc2cc([N+](=O)[O-])ccc2s1)N1CCCC1. The summed E-state index contributed by atoms with van der Waals surface area (Å²) in [4.78, 5) is 25.1. The van der Waals surface area contributed by atoms with Gasteiger partial charge in [0.2, 0.25) is 0 Å². The van der Waals surface area contributed by atoms with Crippen LogP contribution in [0.3, 0.4) is 0 Å². The van der Waals surface area contributed by atoms with Crippen LogP contribution >= 0.6 is 11.3 Å². The molecule has 5 nitrogen and oxygen atoms in total. The fourth-order valence-corrected chi connectivity index (χ4v) is 3.34. The van der Waals surface area contributed by atoms with Crippen molar-refractivity contribution in [3.8, 4) is 0 Å². The van der Waals surface area contributed by atoms with Crippen LogP contribution in [-0.4, -0.2) is 28.8 Å². The summed E-state index contributed by atoms with van der Waals surface area (Å²) in [6, 6.07) is 6.46. The Kier molecular flexibility index (Phi) is 2.94. The summed E-state index contributed by atoms with van der Waals surface area (Å²) in [6.45, 7) is 1.63. The van der Waals surface area contributed by atoms with Crippen molar-refractivity contribution in [3.63, 3.8) is 0 Å². The molecule has 0 aliphatic carbocycles. The summed E-state index contributed by atoms with van der Waals surface area (Å²) >= 11 is 1.40. The number of nitro benzene ring substituents is 1. The highest BCUT2D eigenvalue weighted by atomic mass is 32.1. The fraction of sp³-hybridized carbons (Fsp3) is 0.308. The van der Waals surface area contributed by atoms with Gasteiger partial charge in [0, 0.05) is 35.3 Å². The Hall–Kier alpha value is -1.95. The minimum Gasteiger partial charge on any atom is -0.338 e. The van der Waals surface area contributed by atoms with E-state index in [2.05, 4.69) is 0 Å². The van der Waals surface area contributed by atoms with Gasteiger partial charge in [0.1, 0.15) is 0 Å². The van der Waals surface area contributed by atoms with Gasteiger partial charge in [-0.15, -0.1) is 11.3 Å². The second-order valence-electron chi connectivity index (χ2n) is 4.59. The van der Waals surface area contributed by atoms with Crippen LogP contribution in [0.4, 0.5) is 5.69 Å². The molecule has 1 aromatic carbocycles. The lowest BCUT2D eigenvalue weighted by atomic mass is 10.2. The molecule has 0 atom stereocenters. The van der Waals surface area contributed by atoms with Crippen molar-refractivity contribution in [2.45, 2.75) is 12.8 Å². The molecular formula is C13H12N2O3S. The number of hydrogen-bond acceptors (Lipinski definition) is 4. The van der Waals surface area contributed by atoms with Gasteiger partial charge >= 0.3 is 0 Å². The maximum atomic E-state index is 12.2. The monoisotopic (exact) mass is 276 g/mol. The maximum Gasteiger partial charge on any atom is 0.270 e. The van der Waals surface area contributed by atoms with Crippen LogP contribution in [0.1, 0.15) is 22.5 Å². The predicted octanol–water partition coefficient (Wildman–Crippen LogP) is 3.05. The van der Waals surface area contributed by atoms with Gasteiger partial charge in [-0.2, -0.15) is 0 Å². The molecule has 19 heavy (non-hydrogen) atoms. The van der Waals surface area contributed by atoms with E-state index in [0.29, 0.717) is 4.88 Å². The third kappa shape index (κ3) is 2.19. The van der Waals surface area contributed by atoms with Crippen LogP contribution in [0.2, 0.25) is 0 Å². The lowest BCUT2D eigenvalue weighted by molar-refractivity contribution is -0.384. The predicted molar refractivity (Wildman–Crippen MR) is 73.6 cm³/mol. The van der Waals surface area contributed by atoms with Gasteiger partial charge in [0.25, 0.3) is 11.6 Å². The number of rotatable bonds is 2. The molecule has 1 amide bonds. The zero-order valence-corrected chi connectivity index (χ0v) is 11.0. The van der Waals surface area contributed by atoms with Gasteiger partial charge in [0.15, 0.2) is 0 Å². The number of fused-ring (bicyclic) bond motifs is 1. The van der Waals surface area contributed by atoms with Gasteiger partial charge in [0.05, 0.1) is 9.80 Å². The summed E-state index contributed by atoms with van der Waals surface area (Å²) in [5.74, 6) is 0.0429. The zero-order valence-electron chi connectivity index (χ0n) is 10.2. The first-order valence-corrected chi connectivity index (χ1v) is 6.94. The quantitative estimate of drug-likeness (QED) is 0.625. The van der Waals surface area contributed by atoms with E-state index in [0.717, 1.165) is 36.0 Å². The standard InChI is InChI=1S/C13H12N2O3S/c16-13(14-5-1-2-6-14)12-8-9-7-10(15(17)18)3-4-11(9)19-12/h3-4,7-8H,1-2,5-6H2. The number of non-ortho nitro benzene ring substituents is 1. The van der Waals surface area contributed by atoms with E-state index < -0.39 is 4.92 Å². The topological polar surface area (TPSA) is 63.4 Å². The molecular weight excluding hydrogens is 264 g/mol. The van der Waals surface area contributed by atoms with Gasteiger partial charge in [-0.25, -0.2) is 0 Å². The summed E-state index contributed by atoms with van der Waals surface area (Å²) in [6.07, 6.45) is 2.12. The van der Waals surface area contributed by atoms with E-state index in [-0.39, 0.29) is 11.6 Å². The van der Waals surface area contributed by atoms with Crippen molar-refractivity contribution in [2.24, 2.45) is 0 Å². The van der Waals surface area contributed by atoms with Crippen molar-refractivity contribution in [2.75, 3.05) is 13.1 Å². The number of thiophene rings is 1. The first-order chi connectivity index (χ1) is 9.15. The Morgan fingerprint density at radius 1 is 1.26 bits per heavy atom.